The van der Waals surface area contributed by atoms with E-state index in [-0.39, 0.29) is 5.69 Å². The van der Waals surface area contributed by atoms with Gasteiger partial charge in [0, 0.05) is 37.1 Å². The van der Waals surface area contributed by atoms with Crippen LogP contribution in [0.25, 0.3) is 0 Å². The van der Waals surface area contributed by atoms with Gasteiger partial charge in [-0.15, -0.1) is 0 Å². The molecular weight excluding hydrogens is 355 g/mol. The molecule has 1 N–H and O–H groups in total. The summed E-state index contributed by atoms with van der Waals surface area (Å²) in [7, 11) is 5.52. The summed E-state index contributed by atoms with van der Waals surface area (Å²) in [6.45, 7) is 3.14. The number of anilines is 2. The van der Waals surface area contributed by atoms with Gasteiger partial charge in [-0.1, -0.05) is 17.7 Å². The molecule has 0 aliphatic heterocycles. The zero-order valence-corrected chi connectivity index (χ0v) is 15.9. The van der Waals surface area contributed by atoms with E-state index < -0.39 is 17.6 Å². The molecule has 27 heavy (non-hydrogen) atoms. The third-order valence-electron chi connectivity index (χ3n) is 4.14. The second-order valence-electron chi connectivity index (χ2n) is 6.81. The second-order valence-corrected chi connectivity index (χ2v) is 6.81. The molecule has 0 radical (unpaired) electrons. The van der Waals surface area contributed by atoms with E-state index in [4.69, 9.17) is 0 Å². The standard InChI is InChI=1S/C20H24F3N3O/c1-14-5-7-15(8-6-14)19(27)24-17-11-16(20(21,22)23)12-18(13-17)26(4)10-9-25(2)3/h5-8,11-13H,9-10H2,1-4H3,(H,24,27). The average molecular weight is 379 g/mol. The van der Waals surface area contributed by atoms with Gasteiger partial charge in [0.05, 0.1) is 5.56 Å². The molecule has 0 aromatic heterocycles. The van der Waals surface area contributed by atoms with Crippen LogP contribution in [0.3, 0.4) is 0 Å². The SMILES string of the molecule is Cc1ccc(C(=O)Nc2cc(N(C)CCN(C)C)cc(C(F)(F)F)c2)cc1. The largest absolute Gasteiger partial charge is 0.416 e. The smallest absolute Gasteiger partial charge is 0.373 e. The second kappa shape index (κ2) is 8.43. The summed E-state index contributed by atoms with van der Waals surface area (Å²) >= 11 is 0. The fourth-order valence-electron chi connectivity index (χ4n) is 2.45. The minimum absolute atomic E-state index is 0.113. The van der Waals surface area contributed by atoms with E-state index in [1.165, 1.54) is 0 Å². The molecule has 1 amide bonds. The van der Waals surface area contributed by atoms with Crippen LogP contribution in [-0.4, -0.2) is 45.0 Å². The molecule has 0 spiro atoms. The predicted molar refractivity (Wildman–Crippen MR) is 102 cm³/mol. The third kappa shape index (κ3) is 5.99. The molecular formula is C20H24F3N3O. The highest BCUT2D eigenvalue weighted by atomic mass is 19.4. The Morgan fingerprint density at radius 3 is 2.19 bits per heavy atom. The molecule has 4 nitrogen and oxygen atoms in total. The molecule has 0 saturated carbocycles. The summed E-state index contributed by atoms with van der Waals surface area (Å²) in [5, 5.41) is 2.57. The number of aryl methyl sites for hydroxylation is 1. The minimum Gasteiger partial charge on any atom is -0.373 e. The Labute approximate surface area is 157 Å². The highest BCUT2D eigenvalue weighted by Gasteiger charge is 2.31. The first-order chi connectivity index (χ1) is 12.6. The monoisotopic (exact) mass is 379 g/mol. The number of carbonyl (C=O) groups is 1. The predicted octanol–water partition coefficient (Wildman–Crippen LogP) is 4.26. The van der Waals surface area contributed by atoms with Crippen molar-refractivity contribution in [2.24, 2.45) is 0 Å². The molecule has 7 heteroatoms. The number of alkyl halides is 3. The van der Waals surface area contributed by atoms with E-state index in [0.29, 0.717) is 24.3 Å². The van der Waals surface area contributed by atoms with E-state index in [1.807, 2.05) is 25.9 Å². The normalized spacial score (nSPS) is 11.6. The number of likely N-dealkylation sites (N-methyl/N-ethyl adjacent to an activating group) is 2. The molecule has 0 heterocycles. The van der Waals surface area contributed by atoms with Crippen molar-refractivity contribution < 1.29 is 18.0 Å². The van der Waals surface area contributed by atoms with Gasteiger partial charge in [-0.05, 0) is 51.4 Å². The Balaban J connectivity index is 2.30. The molecule has 2 rings (SSSR count). The summed E-state index contributed by atoms with van der Waals surface area (Å²) in [5.41, 5.74) is 1.10. The highest BCUT2D eigenvalue weighted by molar-refractivity contribution is 6.04. The van der Waals surface area contributed by atoms with Gasteiger partial charge in [-0.3, -0.25) is 4.79 Å². The van der Waals surface area contributed by atoms with Crippen LogP contribution in [0.2, 0.25) is 0 Å². The summed E-state index contributed by atoms with van der Waals surface area (Å²) in [4.78, 5) is 16.1. The summed E-state index contributed by atoms with van der Waals surface area (Å²) in [6.07, 6.45) is -4.50. The fraction of sp³-hybridized carbons (Fsp3) is 0.350. The number of nitrogens with one attached hydrogen (secondary N) is 1. The first kappa shape index (κ1) is 20.8. The Hall–Kier alpha value is -2.54. The van der Waals surface area contributed by atoms with Crippen LogP contribution in [-0.2, 0) is 6.18 Å². The van der Waals surface area contributed by atoms with E-state index >= 15 is 0 Å². The lowest BCUT2D eigenvalue weighted by molar-refractivity contribution is -0.137. The number of benzene rings is 2. The van der Waals surface area contributed by atoms with Gasteiger partial charge in [-0.2, -0.15) is 13.2 Å². The van der Waals surface area contributed by atoms with Crippen LogP contribution >= 0.6 is 0 Å². The van der Waals surface area contributed by atoms with Crippen LogP contribution in [0.15, 0.2) is 42.5 Å². The van der Waals surface area contributed by atoms with Crippen LogP contribution in [0.1, 0.15) is 21.5 Å². The molecule has 0 bridgehead atoms. The van der Waals surface area contributed by atoms with Crippen LogP contribution < -0.4 is 10.2 Å². The van der Waals surface area contributed by atoms with Crippen molar-refractivity contribution in [3.05, 3.63) is 59.2 Å². The lowest BCUT2D eigenvalue weighted by Gasteiger charge is -2.23. The van der Waals surface area contributed by atoms with Gasteiger partial charge in [0.25, 0.3) is 5.91 Å². The van der Waals surface area contributed by atoms with Crippen molar-refractivity contribution in [3.8, 4) is 0 Å². The quantitative estimate of drug-likeness (QED) is 0.814. The lowest BCUT2D eigenvalue weighted by atomic mass is 10.1. The van der Waals surface area contributed by atoms with E-state index in [0.717, 1.165) is 17.7 Å². The molecule has 0 saturated heterocycles. The van der Waals surface area contributed by atoms with Crippen molar-refractivity contribution in [1.82, 2.24) is 4.90 Å². The minimum atomic E-state index is -4.50. The van der Waals surface area contributed by atoms with Gasteiger partial charge in [0.1, 0.15) is 0 Å². The Kier molecular flexibility index (Phi) is 6.49. The molecule has 0 aliphatic rings. The maximum Gasteiger partial charge on any atom is 0.416 e. The summed E-state index contributed by atoms with van der Waals surface area (Å²) in [6, 6.07) is 10.4. The van der Waals surface area contributed by atoms with Crippen LogP contribution in [0.4, 0.5) is 24.5 Å². The summed E-state index contributed by atoms with van der Waals surface area (Å²) in [5.74, 6) is -0.448. The Bertz CT molecular complexity index is 786. The molecule has 2 aromatic carbocycles. The van der Waals surface area contributed by atoms with Crippen LogP contribution in [0, 0.1) is 6.92 Å². The topological polar surface area (TPSA) is 35.6 Å². The first-order valence-corrected chi connectivity index (χ1v) is 8.52. The zero-order valence-electron chi connectivity index (χ0n) is 15.9. The maximum atomic E-state index is 13.3. The number of halogens is 3. The van der Waals surface area contributed by atoms with E-state index in [2.05, 4.69) is 5.32 Å². The third-order valence-corrected chi connectivity index (χ3v) is 4.14. The van der Waals surface area contributed by atoms with E-state index in [9.17, 15) is 18.0 Å². The lowest BCUT2D eigenvalue weighted by Crippen LogP contribution is -2.28. The number of hydrogen-bond acceptors (Lipinski definition) is 3. The van der Waals surface area contributed by atoms with Crippen molar-refractivity contribution >= 4 is 17.3 Å². The van der Waals surface area contributed by atoms with Crippen molar-refractivity contribution in [2.45, 2.75) is 13.1 Å². The van der Waals surface area contributed by atoms with Crippen molar-refractivity contribution in [3.63, 3.8) is 0 Å². The van der Waals surface area contributed by atoms with Crippen molar-refractivity contribution in [2.75, 3.05) is 44.4 Å². The van der Waals surface area contributed by atoms with Crippen molar-refractivity contribution in [1.29, 1.82) is 0 Å². The number of carbonyl (C=O) groups excluding carboxylic acids is 1. The Morgan fingerprint density at radius 1 is 1.00 bits per heavy atom. The fourth-order valence-corrected chi connectivity index (χ4v) is 2.45. The van der Waals surface area contributed by atoms with Gasteiger partial charge in [0.2, 0.25) is 0 Å². The zero-order chi connectivity index (χ0) is 20.2. The van der Waals surface area contributed by atoms with Gasteiger partial charge in [0.15, 0.2) is 0 Å². The van der Waals surface area contributed by atoms with Crippen LogP contribution in [0.5, 0.6) is 0 Å². The average Bonchev–Trinajstić information content (AvgIpc) is 2.59. The molecule has 146 valence electrons. The highest BCUT2D eigenvalue weighted by Crippen LogP contribution is 2.34. The Morgan fingerprint density at radius 2 is 1.63 bits per heavy atom. The molecule has 0 atom stereocenters. The van der Waals surface area contributed by atoms with E-state index in [1.54, 1.807) is 42.3 Å². The van der Waals surface area contributed by atoms with Gasteiger partial charge < -0.3 is 15.1 Å². The molecule has 2 aromatic rings. The number of rotatable bonds is 6. The summed E-state index contributed by atoms with van der Waals surface area (Å²) < 4.78 is 39.9. The van der Waals surface area contributed by atoms with Gasteiger partial charge >= 0.3 is 6.18 Å². The molecule has 0 unspecified atom stereocenters. The number of amides is 1. The van der Waals surface area contributed by atoms with Gasteiger partial charge in [-0.25, -0.2) is 0 Å². The molecule has 0 aliphatic carbocycles. The number of nitrogens with zero attached hydrogens (tertiary/aromatic N) is 2. The maximum absolute atomic E-state index is 13.3. The first-order valence-electron chi connectivity index (χ1n) is 8.52. The number of hydrogen-bond donors (Lipinski definition) is 1. The molecule has 0 fully saturated rings.